The summed E-state index contributed by atoms with van der Waals surface area (Å²) >= 11 is 0. The summed E-state index contributed by atoms with van der Waals surface area (Å²) in [5.41, 5.74) is 1.39. The van der Waals surface area contributed by atoms with Crippen molar-refractivity contribution < 1.29 is 0 Å². The van der Waals surface area contributed by atoms with Crippen LogP contribution in [0.4, 0.5) is 11.5 Å². The highest BCUT2D eigenvalue weighted by atomic mass is 15.1. The second-order valence-corrected chi connectivity index (χ2v) is 3.77. The number of imidazole rings is 1. The van der Waals surface area contributed by atoms with Gasteiger partial charge in [-0.15, -0.1) is 0 Å². The molecule has 1 aromatic carbocycles. The fraction of sp³-hybridized carbons (Fsp3) is 0.154. The Hall–Kier alpha value is -2.61. The quantitative estimate of drug-likeness (QED) is 0.660. The van der Waals surface area contributed by atoms with Crippen LogP contribution in [0.3, 0.4) is 0 Å². The van der Waals surface area contributed by atoms with E-state index in [-0.39, 0.29) is 0 Å². The number of hydrogen-bond acceptors (Lipinski definition) is 3. The first kappa shape index (κ1) is 11.9. The Kier molecular flexibility index (Phi) is 3.39. The van der Waals surface area contributed by atoms with E-state index in [1.807, 2.05) is 37.3 Å². The second kappa shape index (κ2) is 5.15. The lowest BCUT2D eigenvalue weighted by molar-refractivity contribution is 0.845. The zero-order valence-electron chi connectivity index (χ0n) is 10.3. The van der Waals surface area contributed by atoms with Gasteiger partial charge in [-0.1, -0.05) is 18.2 Å². The summed E-state index contributed by atoms with van der Waals surface area (Å²) in [6.07, 6.45) is 1.54. The van der Waals surface area contributed by atoms with E-state index in [1.54, 1.807) is 11.6 Å². The number of nitrogens with zero attached hydrogens (tertiary/aromatic N) is 4. The standard InChI is InChI=1S/C13H13N5/c1-10-17-13(12(8-14)18(10)2)16-9-15-11-6-4-3-5-7-11/h3-7,9H,1-2H3,(H,15,16). The molecule has 1 heterocycles. The number of nitriles is 1. The van der Waals surface area contributed by atoms with Crippen LogP contribution in [-0.2, 0) is 7.05 Å². The summed E-state index contributed by atoms with van der Waals surface area (Å²) in [5.74, 6) is 1.19. The lowest BCUT2D eigenvalue weighted by Crippen LogP contribution is -1.95. The minimum Gasteiger partial charge on any atom is -0.346 e. The summed E-state index contributed by atoms with van der Waals surface area (Å²) in [6.45, 7) is 1.84. The second-order valence-electron chi connectivity index (χ2n) is 3.77. The monoisotopic (exact) mass is 239 g/mol. The number of nitrogens with one attached hydrogen (secondary N) is 1. The van der Waals surface area contributed by atoms with Gasteiger partial charge in [0.25, 0.3) is 0 Å². The fourth-order valence-corrected chi connectivity index (χ4v) is 1.51. The molecule has 0 saturated heterocycles. The largest absolute Gasteiger partial charge is 0.346 e. The molecule has 5 nitrogen and oxygen atoms in total. The van der Waals surface area contributed by atoms with Crippen LogP contribution in [0, 0.1) is 18.3 Å². The molecule has 0 fully saturated rings. The minimum atomic E-state index is 0.431. The molecular formula is C13H13N5. The van der Waals surface area contributed by atoms with Gasteiger partial charge in [0.1, 0.15) is 11.9 Å². The predicted octanol–water partition coefficient (Wildman–Crippen LogP) is 2.37. The van der Waals surface area contributed by atoms with Gasteiger partial charge in [0.2, 0.25) is 0 Å². The first-order valence-electron chi connectivity index (χ1n) is 5.50. The van der Waals surface area contributed by atoms with Crippen LogP contribution in [0.2, 0.25) is 0 Å². The topological polar surface area (TPSA) is 66.0 Å². The van der Waals surface area contributed by atoms with Crippen molar-refractivity contribution in [3.63, 3.8) is 0 Å². The number of para-hydroxylation sites is 1. The van der Waals surface area contributed by atoms with Crippen LogP contribution in [0.25, 0.3) is 0 Å². The SMILES string of the molecule is Cc1nc(/N=C/Nc2ccccc2)c(C#N)n1C. The molecular weight excluding hydrogens is 226 g/mol. The molecule has 0 atom stereocenters. The Morgan fingerprint density at radius 2 is 2.11 bits per heavy atom. The van der Waals surface area contributed by atoms with Gasteiger partial charge < -0.3 is 9.88 Å². The van der Waals surface area contributed by atoms with Gasteiger partial charge >= 0.3 is 0 Å². The van der Waals surface area contributed by atoms with Gasteiger partial charge in [0.15, 0.2) is 11.5 Å². The third-order valence-corrected chi connectivity index (χ3v) is 2.60. The van der Waals surface area contributed by atoms with Gasteiger partial charge in [-0.3, -0.25) is 0 Å². The molecule has 90 valence electrons. The number of aromatic nitrogens is 2. The Morgan fingerprint density at radius 3 is 2.78 bits per heavy atom. The molecule has 0 aliphatic heterocycles. The Balaban J connectivity index is 2.15. The smallest absolute Gasteiger partial charge is 0.190 e. The molecule has 2 aromatic rings. The summed E-state index contributed by atoms with van der Waals surface area (Å²) in [4.78, 5) is 8.38. The Bertz CT molecular complexity index is 604. The van der Waals surface area contributed by atoms with Crippen molar-refractivity contribution in [2.45, 2.75) is 6.92 Å². The molecule has 0 aliphatic rings. The minimum absolute atomic E-state index is 0.431. The van der Waals surface area contributed by atoms with E-state index in [9.17, 15) is 0 Å². The number of rotatable bonds is 3. The molecule has 0 saturated carbocycles. The number of hydrogen-bond donors (Lipinski definition) is 1. The van der Waals surface area contributed by atoms with E-state index in [0.29, 0.717) is 11.5 Å². The highest BCUT2D eigenvalue weighted by Crippen LogP contribution is 2.17. The van der Waals surface area contributed by atoms with Crippen molar-refractivity contribution >= 4 is 17.8 Å². The van der Waals surface area contributed by atoms with Crippen LogP contribution in [0.15, 0.2) is 35.3 Å². The van der Waals surface area contributed by atoms with Crippen LogP contribution < -0.4 is 5.32 Å². The third kappa shape index (κ3) is 2.38. The Labute approximate surface area is 105 Å². The molecule has 0 aliphatic carbocycles. The van der Waals surface area contributed by atoms with E-state index < -0.39 is 0 Å². The predicted molar refractivity (Wildman–Crippen MR) is 70.9 cm³/mol. The highest BCUT2D eigenvalue weighted by Gasteiger charge is 2.09. The van der Waals surface area contributed by atoms with Crippen LogP contribution >= 0.6 is 0 Å². The number of aliphatic imine (C=N–C) groups is 1. The summed E-state index contributed by atoms with van der Waals surface area (Å²) < 4.78 is 1.72. The lowest BCUT2D eigenvalue weighted by Gasteiger charge is -1.97. The number of anilines is 1. The van der Waals surface area contributed by atoms with Gasteiger partial charge in [0, 0.05) is 12.7 Å². The van der Waals surface area contributed by atoms with Crippen molar-refractivity contribution in [3.05, 3.63) is 41.9 Å². The zero-order valence-corrected chi connectivity index (χ0v) is 10.3. The van der Waals surface area contributed by atoms with Crippen molar-refractivity contribution in [1.29, 1.82) is 5.26 Å². The average molecular weight is 239 g/mol. The molecule has 1 aromatic heterocycles. The molecule has 0 spiro atoms. The maximum atomic E-state index is 9.02. The molecule has 0 amide bonds. The highest BCUT2D eigenvalue weighted by molar-refractivity contribution is 5.77. The molecule has 1 N–H and O–H groups in total. The van der Waals surface area contributed by atoms with E-state index in [0.717, 1.165) is 11.5 Å². The van der Waals surface area contributed by atoms with Crippen LogP contribution in [0.1, 0.15) is 11.5 Å². The lowest BCUT2D eigenvalue weighted by atomic mass is 10.3. The molecule has 0 unspecified atom stereocenters. The molecule has 0 radical (unpaired) electrons. The van der Waals surface area contributed by atoms with Gasteiger partial charge in [0.05, 0.1) is 6.34 Å². The third-order valence-electron chi connectivity index (χ3n) is 2.60. The maximum Gasteiger partial charge on any atom is 0.190 e. The van der Waals surface area contributed by atoms with Crippen molar-refractivity contribution in [2.24, 2.45) is 12.0 Å². The fourth-order valence-electron chi connectivity index (χ4n) is 1.51. The van der Waals surface area contributed by atoms with Crippen molar-refractivity contribution in [1.82, 2.24) is 9.55 Å². The van der Waals surface area contributed by atoms with Crippen LogP contribution in [0.5, 0.6) is 0 Å². The van der Waals surface area contributed by atoms with Crippen molar-refractivity contribution in [2.75, 3.05) is 5.32 Å². The number of aryl methyl sites for hydroxylation is 1. The van der Waals surface area contributed by atoms with E-state index in [1.165, 1.54) is 6.34 Å². The maximum absolute atomic E-state index is 9.02. The van der Waals surface area contributed by atoms with E-state index in [2.05, 4.69) is 21.4 Å². The molecule has 18 heavy (non-hydrogen) atoms. The number of benzene rings is 1. The zero-order chi connectivity index (χ0) is 13.0. The molecule has 2 rings (SSSR count). The first-order valence-corrected chi connectivity index (χ1v) is 5.50. The summed E-state index contributed by atoms with van der Waals surface area (Å²) in [6, 6.07) is 11.8. The van der Waals surface area contributed by atoms with Gasteiger partial charge in [-0.2, -0.15) is 5.26 Å². The van der Waals surface area contributed by atoms with Gasteiger partial charge in [-0.05, 0) is 19.1 Å². The average Bonchev–Trinajstić information content (AvgIpc) is 2.66. The van der Waals surface area contributed by atoms with Crippen molar-refractivity contribution in [3.8, 4) is 6.07 Å². The summed E-state index contributed by atoms with van der Waals surface area (Å²) in [5, 5.41) is 12.0. The Morgan fingerprint density at radius 1 is 1.39 bits per heavy atom. The van der Waals surface area contributed by atoms with E-state index in [4.69, 9.17) is 5.26 Å². The molecule has 0 bridgehead atoms. The van der Waals surface area contributed by atoms with E-state index >= 15 is 0 Å². The molecule has 5 heteroatoms. The van der Waals surface area contributed by atoms with Gasteiger partial charge in [-0.25, -0.2) is 9.98 Å². The van der Waals surface area contributed by atoms with Crippen LogP contribution in [-0.4, -0.2) is 15.9 Å². The normalized spacial score (nSPS) is 10.5. The summed E-state index contributed by atoms with van der Waals surface area (Å²) in [7, 11) is 1.80. The first-order chi connectivity index (χ1) is 8.72.